The third-order valence-corrected chi connectivity index (χ3v) is 16.2. The summed E-state index contributed by atoms with van der Waals surface area (Å²) in [5, 5.41) is 14.6. The third kappa shape index (κ3) is 10.5. The molecule has 11 nitrogen and oxygen atoms in total. The Morgan fingerprint density at radius 1 is 0.806 bits per heavy atom. The van der Waals surface area contributed by atoms with Crippen LogP contribution in [-0.4, -0.2) is 110 Å². The van der Waals surface area contributed by atoms with Crippen molar-refractivity contribution < 1.29 is 18.3 Å². The highest BCUT2D eigenvalue weighted by Gasteiger charge is 2.36. The second-order valence-corrected chi connectivity index (χ2v) is 21.7. The molecule has 0 radical (unpaired) electrons. The van der Waals surface area contributed by atoms with Gasteiger partial charge in [-0.15, -0.1) is 11.8 Å². The second kappa shape index (κ2) is 19.7. The van der Waals surface area contributed by atoms with Crippen LogP contribution in [0.4, 0.5) is 22.7 Å². The van der Waals surface area contributed by atoms with E-state index in [9.17, 15) is 18.3 Å². The average Bonchev–Trinajstić information content (AvgIpc) is 3.56. The zero-order chi connectivity index (χ0) is 46.9. The lowest BCUT2D eigenvalue weighted by Crippen LogP contribution is -2.60. The Morgan fingerprint density at radius 3 is 2.13 bits per heavy atom. The Kier molecular flexibility index (Phi) is 13.7. The van der Waals surface area contributed by atoms with Gasteiger partial charge in [0, 0.05) is 122 Å². The highest BCUT2D eigenvalue weighted by molar-refractivity contribution is 7.99. The molecule has 3 aliphatic rings. The van der Waals surface area contributed by atoms with E-state index in [0.29, 0.717) is 23.8 Å². The van der Waals surface area contributed by atoms with Crippen LogP contribution in [0.15, 0.2) is 131 Å². The Morgan fingerprint density at radius 2 is 1.49 bits per heavy atom. The van der Waals surface area contributed by atoms with Crippen molar-refractivity contribution in [2.45, 2.75) is 55.0 Å². The van der Waals surface area contributed by atoms with Crippen LogP contribution in [0.5, 0.6) is 0 Å². The third-order valence-electron chi connectivity index (χ3n) is 13.4. The lowest BCUT2D eigenvalue weighted by molar-refractivity contribution is -0.0834. The van der Waals surface area contributed by atoms with Gasteiger partial charge in [-0.05, 0) is 129 Å². The normalized spacial score (nSPS) is 16.6. The molecule has 1 amide bonds. The summed E-state index contributed by atoms with van der Waals surface area (Å²) in [6.07, 6.45) is 1.92. The molecule has 3 N–H and O–H groups in total. The lowest BCUT2D eigenvalue weighted by atomic mass is 9.95. The fraction of sp³-hybridized carbons (Fsp3) is 0.340. The van der Waals surface area contributed by atoms with Crippen LogP contribution < -0.4 is 19.8 Å². The predicted molar refractivity (Wildman–Crippen MR) is 276 cm³/mol. The molecular weight excluding hydrogens is 898 g/mol. The number of nitrogens with one attached hydrogen (secondary N) is 2. The van der Waals surface area contributed by atoms with Crippen molar-refractivity contribution in [1.82, 2.24) is 14.4 Å². The number of halogens is 1. The number of anilines is 4. The standard InChI is InChI=1S/C53H60ClN7O4S2/c1-37-32-47(22-23-48(37)55-43(24-27-58-35-53(3,63)36-58)34-66-46-12-6-5-7-13-46)67(64,65)56-42-18-20-44(21-19-42)59-28-30-60(31-29-59)45-11-8-10-40(33-45)50-49(52(62)61-25-9-26-61)38(2)57(4)51(50)39-14-16-41(54)17-15-39/h5-8,10-23,32-33,43,55-56,63H,9,24-31,34-36H2,1-4H3/t43-/m1/s1. The zero-order valence-electron chi connectivity index (χ0n) is 38.7. The quantitative estimate of drug-likeness (QED) is 0.0817. The van der Waals surface area contributed by atoms with Gasteiger partial charge in [-0.1, -0.05) is 54.1 Å². The number of thioether (sulfide) groups is 1. The van der Waals surface area contributed by atoms with Gasteiger partial charge in [0.25, 0.3) is 15.9 Å². The van der Waals surface area contributed by atoms with Gasteiger partial charge >= 0.3 is 0 Å². The van der Waals surface area contributed by atoms with Crippen molar-refractivity contribution in [2.75, 3.05) is 84.5 Å². The molecule has 4 heterocycles. The van der Waals surface area contributed by atoms with Crippen LogP contribution in [0.3, 0.4) is 0 Å². The van der Waals surface area contributed by atoms with Gasteiger partial charge in [-0.25, -0.2) is 8.42 Å². The van der Waals surface area contributed by atoms with E-state index in [1.165, 1.54) is 4.90 Å². The molecule has 3 aliphatic heterocycles. The van der Waals surface area contributed by atoms with Gasteiger partial charge in [0.1, 0.15) is 0 Å². The molecule has 350 valence electrons. The Bertz CT molecular complexity index is 2820. The minimum atomic E-state index is -3.85. The summed E-state index contributed by atoms with van der Waals surface area (Å²) >= 11 is 8.10. The molecule has 9 rings (SSSR count). The van der Waals surface area contributed by atoms with E-state index < -0.39 is 15.6 Å². The van der Waals surface area contributed by atoms with Crippen molar-refractivity contribution >= 4 is 62.0 Å². The van der Waals surface area contributed by atoms with Crippen molar-refractivity contribution in [3.63, 3.8) is 0 Å². The molecule has 0 saturated carbocycles. The number of nitrogens with zero attached hydrogens (tertiary/aromatic N) is 5. The summed E-state index contributed by atoms with van der Waals surface area (Å²) in [4.78, 5) is 24.3. The number of sulfonamides is 1. The van der Waals surface area contributed by atoms with Gasteiger partial charge in [0.15, 0.2) is 0 Å². The number of aliphatic hydroxyl groups is 1. The average molecular weight is 959 g/mol. The first-order valence-electron chi connectivity index (χ1n) is 23.2. The fourth-order valence-electron chi connectivity index (χ4n) is 9.51. The second-order valence-electron chi connectivity index (χ2n) is 18.5. The topological polar surface area (TPSA) is 113 Å². The van der Waals surface area contributed by atoms with E-state index in [0.717, 1.165) is 121 Å². The van der Waals surface area contributed by atoms with Crippen LogP contribution in [0.2, 0.25) is 5.02 Å². The van der Waals surface area contributed by atoms with E-state index in [1.807, 2.05) is 106 Å². The fourth-order valence-corrected chi connectivity index (χ4v) is 11.8. The van der Waals surface area contributed by atoms with Gasteiger partial charge < -0.3 is 29.7 Å². The number of hydrogen-bond donors (Lipinski definition) is 3. The van der Waals surface area contributed by atoms with Crippen LogP contribution in [0, 0.1) is 13.8 Å². The number of benzene rings is 5. The SMILES string of the molecule is Cc1cc(S(=O)(=O)Nc2ccc(N3CCN(c4cccc(-c5c(C(=O)N6CCC6)c(C)n(C)c5-c5ccc(Cl)cc5)c4)CC3)cc2)ccc1N[C@H](CCN1CC(C)(O)C1)CSc1ccccc1. The molecule has 3 saturated heterocycles. The highest BCUT2D eigenvalue weighted by Crippen LogP contribution is 2.41. The van der Waals surface area contributed by atoms with Gasteiger partial charge in [-0.2, -0.15) is 0 Å². The predicted octanol–water partition coefficient (Wildman–Crippen LogP) is 9.63. The molecule has 1 atom stereocenters. The molecular formula is C53H60ClN7O4S2. The number of aromatic nitrogens is 1. The Hall–Kier alpha value is -5.44. The number of β-amino-alcohol motifs (C(OH)–C–C–N with tert-alkyl or cyclic N) is 1. The van der Waals surface area contributed by atoms with Crippen molar-refractivity contribution in [3.8, 4) is 22.4 Å². The summed E-state index contributed by atoms with van der Waals surface area (Å²) in [7, 11) is -1.81. The summed E-state index contributed by atoms with van der Waals surface area (Å²) in [6.45, 7) is 12.8. The van der Waals surface area contributed by atoms with Crippen molar-refractivity contribution in [1.29, 1.82) is 0 Å². The Balaban J connectivity index is 0.837. The van der Waals surface area contributed by atoms with E-state index in [1.54, 1.807) is 23.9 Å². The van der Waals surface area contributed by atoms with E-state index in [-0.39, 0.29) is 16.8 Å². The zero-order valence-corrected chi connectivity index (χ0v) is 41.1. The number of likely N-dealkylation sites (tertiary alicyclic amines) is 2. The van der Waals surface area contributed by atoms with Crippen molar-refractivity contribution in [3.05, 3.63) is 143 Å². The summed E-state index contributed by atoms with van der Waals surface area (Å²) in [5.74, 6) is 0.926. The van der Waals surface area contributed by atoms with Crippen LogP contribution in [0.1, 0.15) is 41.4 Å². The van der Waals surface area contributed by atoms with Crippen LogP contribution in [-0.2, 0) is 17.1 Å². The van der Waals surface area contributed by atoms with Crippen molar-refractivity contribution in [2.24, 2.45) is 7.05 Å². The smallest absolute Gasteiger partial charge is 0.261 e. The number of piperazine rings is 1. The number of amides is 1. The van der Waals surface area contributed by atoms with Gasteiger partial charge in [-0.3, -0.25) is 14.4 Å². The molecule has 6 aromatic rings. The monoisotopic (exact) mass is 957 g/mol. The maximum absolute atomic E-state index is 14.0. The van der Waals surface area contributed by atoms with Crippen LogP contribution >= 0.6 is 23.4 Å². The molecule has 14 heteroatoms. The van der Waals surface area contributed by atoms with E-state index >= 15 is 0 Å². The van der Waals surface area contributed by atoms with Crippen LogP contribution in [0.25, 0.3) is 22.4 Å². The number of aryl methyl sites for hydroxylation is 1. The summed E-state index contributed by atoms with van der Waals surface area (Å²) < 4.78 is 32.3. The minimum Gasteiger partial charge on any atom is -0.388 e. The molecule has 1 aromatic heterocycles. The largest absolute Gasteiger partial charge is 0.388 e. The number of carbonyl (C=O) groups is 1. The maximum atomic E-state index is 14.0. The molecule has 3 fully saturated rings. The molecule has 5 aromatic carbocycles. The molecule has 0 unspecified atom stereocenters. The van der Waals surface area contributed by atoms with Gasteiger partial charge in [0.2, 0.25) is 0 Å². The highest BCUT2D eigenvalue weighted by atomic mass is 35.5. The van der Waals surface area contributed by atoms with E-state index in [2.05, 4.69) is 65.7 Å². The first-order valence-corrected chi connectivity index (χ1v) is 26.0. The number of hydrogen-bond acceptors (Lipinski definition) is 9. The number of carbonyl (C=O) groups excluding carboxylic acids is 1. The summed E-state index contributed by atoms with van der Waals surface area (Å²) in [6, 6.07) is 39.8. The maximum Gasteiger partial charge on any atom is 0.261 e. The molecule has 0 aliphatic carbocycles. The summed E-state index contributed by atoms with van der Waals surface area (Å²) in [5.41, 5.74) is 9.44. The molecule has 0 bridgehead atoms. The minimum absolute atomic E-state index is 0.0782. The lowest BCUT2D eigenvalue weighted by Gasteiger charge is -2.44. The Labute approximate surface area is 404 Å². The molecule has 0 spiro atoms. The first-order chi connectivity index (χ1) is 32.2. The molecule has 67 heavy (non-hydrogen) atoms. The number of rotatable bonds is 16. The van der Waals surface area contributed by atoms with E-state index in [4.69, 9.17) is 11.6 Å². The first kappa shape index (κ1) is 46.7. The van der Waals surface area contributed by atoms with Gasteiger partial charge in [0.05, 0.1) is 21.8 Å².